The minimum absolute atomic E-state index is 0.00925. The molecule has 2 N–H and O–H groups in total. The second-order valence-electron chi connectivity index (χ2n) is 9.55. The Bertz CT molecular complexity index is 1090. The lowest BCUT2D eigenvalue weighted by Gasteiger charge is -2.41. The van der Waals surface area contributed by atoms with Crippen LogP contribution < -0.4 is 5.73 Å². The minimum atomic E-state index is -0.00925. The number of rotatable bonds is 12. The first-order valence-corrected chi connectivity index (χ1v) is 13.2. The van der Waals surface area contributed by atoms with Gasteiger partial charge in [-0.2, -0.15) is 0 Å². The normalized spacial score (nSPS) is 17.0. The van der Waals surface area contributed by atoms with Crippen molar-refractivity contribution >= 4 is 22.8 Å². The van der Waals surface area contributed by atoms with Crippen molar-refractivity contribution < 1.29 is 4.79 Å². The smallest absolute Gasteiger partial charge is 0.239 e. The number of carbonyl (C=O) groups is 1. The van der Waals surface area contributed by atoms with Gasteiger partial charge in [0.1, 0.15) is 0 Å². The highest BCUT2D eigenvalue weighted by Crippen LogP contribution is 2.20. The molecule has 0 aromatic heterocycles. The van der Waals surface area contributed by atoms with Gasteiger partial charge < -0.3 is 10.6 Å². The van der Waals surface area contributed by atoms with Crippen molar-refractivity contribution in [3.05, 3.63) is 90.0 Å². The van der Waals surface area contributed by atoms with Crippen LogP contribution in [0, 0.1) is 0 Å². The van der Waals surface area contributed by atoms with E-state index in [0.29, 0.717) is 12.5 Å². The van der Waals surface area contributed by atoms with Crippen molar-refractivity contribution in [1.82, 2.24) is 9.80 Å². The molecular weight excluding hydrogens is 430 g/mol. The van der Waals surface area contributed by atoms with Gasteiger partial charge in [-0.1, -0.05) is 91.4 Å². The number of benzene rings is 3. The van der Waals surface area contributed by atoms with E-state index >= 15 is 0 Å². The summed E-state index contributed by atoms with van der Waals surface area (Å²) >= 11 is 0. The summed E-state index contributed by atoms with van der Waals surface area (Å²) in [5.74, 6) is 0.300. The summed E-state index contributed by atoms with van der Waals surface area (Å²) in [7, 11) is 0. The van der Waals surface area contributed by atoms with Crippen molar-refractivity contribution in [2.24, 2.45) is 5.73 Å². The fraction of sp³-hybridized carbons (Fsp3) is 0.387. The van der Waals surface area contributed by atoms with E-state index in [0.717, 1.165) is 64.7 Å². The van der Waals surface area contributed by atoms with Crippen LogP contribution in [0.2, 0.25) is 0 Å². The molecule has 0 spiro atoms. The zero-order chi connectivity index (χ0) is 24.3. The molecule has 4 nitrogen and oxygen atoms in total. The lowest BCUT2D eigenvalue weighted by atomic mass is 10.0. The van der Waals surface area contributed by atoms with E-state index in [1.165, 1.54) is 21.9 Å². The number of carbonyl (C=O) groups excluding carboxylic acids is 1. The number of piperazine rings is 1. The van der Waals surface area contributed by atoms with Gasteiger partial charge in [-0.15, -0.1) is 0 Å². The Labute approximate surface area is 210 Å². The van der Waals surface area contributed by atoms with Crippen LogP contribution in [0.5, 0.6) is 0 Å². The molecule has 1 heterocycles. The first kappa shape index (κ1) is 25.2. The van der Waals surface area contributed by atoms with E-state index in [-0.39, 0.29) is 6.04 Å². The average Bonchev–Trinajstić information content (AvgIpc) is 2.90. The molecule has 1 saturated heterocycles. The van der Waals surface area contributed by atoms with Gasteiger partial charge in [-0.3, -0.25) is 9.69 Å². The first-order valence-electron chi connectivity index (χ1n) is 13.2. The second-order valence-corrected chi connectivity index (χ2v) is 9.55. The van der Waals surface area contributed by atoms with Gasteiger partial charge in [0.25, 0.3) is 0 Å². The number of nitrogens with zero attached hydrogens (tertiary/aromatic N) is 2. The van der Waals surface area contributed by atoms with Crippen molar-refractivity contribution in [3.8, 4) is 0 Å². The summed E-state index contributed by atoms with van der Waals surface area (Å²) in [6, 6.07) is 25.5. The number of unbranched alkanes of at least 4 members (excludes halogenated alkanes) is 2. The molecular formula is C31H39N3O. The molecule has 0 aliphatic carbocycles. The molecule has 3 aromatic rings. The maximum absolute atomic E-state index is 13.5. The monoisotopic (exact) mass is 469 g/mol. The van der Waals surface area contributed by atoms with E-state index in [1.807, 2.05) is 6.07 Å². The largest absolute Gasteiger partial charge is 0.340 e. The number of hydrogen-bond acceptors (Lipinski definition) is 3. The minimum Gasteiger partial charge on any atom is -0.340 e. The molecule has 4 rings (SSSR count). The van der Waals surface area contributed by atoms with Crippen molar-refractivity contribution in [1.29, 1.82) is 0 Å². The van der Waals surface area contributed by atoms with Gasteiger partial charge in [0.05, 0.1) is 6.04 Å². The summed E-state index contributed by atoms with van der Waals surface area (Å²) in [6.07, 6.45) is 10.3. The van der Waals surface area contributed by atoms with Crippen molar-refractivity contribution in [3.63, 3.8) is 0 Å². The Morgan fingerprint density at radius 2 is 1.66 bits per heavy atom. The number of allylic oxidation sites excluding steroid dienone is 1. The maximum atomic E-state index is 13.5. The quantitative estimate of drug-likeness (QED) is 0.356. The van der Waals surface area contributed by atoms with Crippen LogP contribution in [0.4, 0.5) is 0 Å². The standard InChI is InChI=1S/C31H39N3O/c32-20-9-8-16-30-31(35)34(22-19-27-17-18-28-14-6-7-15-29(28)25-27)24-23-33(30)21-10-2-5-13-26-11-3-1-4-12-26/h1,3-7,11-15,17-18,25,30H,2,8-10,16,19-24,32H2/b13-5+/t30-/m0/s1. The third kappa shape index (κ3) is 7.27. The summed E-state index contributed by atoms with van der Waals surface area (Å²) < 4.78 is 0. The SMILES string of the molecule is NCCCC[C@H]1C(=O)N(CCc2ccc3ccccc3c2)CCN1CCC/C=C/c1ccccc1. The average molecular weight is 470 g/mol. The number of amides is 1. The molecule has 0 radical (unpaired) electrons. The first-order chi connectivity index (χ1) is 17.2. The summed E-state index contributed by atoms with van der Waals surface area (Å²) in [5, 5.41) is 2.53. The maximum Gasteiger partial charge on any atom is 0.239 e. The van der Waals surface area contributed by atoms with Crippen LogP contribution >= 0.6 is 0 Å². The molecule has 0 unspecified atom stereocenters. The zero-order valence-corrected chi connectivity index (χ0v) is 20.8. The molecule has 1 fully saturated rings. The predicted octanol–water partition coefficient (Wildman–Crippen LogP) is 5.52. The van der Waals surface area contributed by atoms with E-state index < -0.39 is 0 Å². The Kier molecular flexibility index (Phi) is 9.50. The van der Waals surface area contributed by atoms with Crippen LogP contribution in [-0.2, 0) is 11.2 Å². The molecule has 1 aliphatic heterocycles. The van der Waals surface area contributed by atoms with Gasteiger partial charge in [-0.25, -0.2) is 0 Å². The van der Waals surface area contributed by atoms with Crippen LogP contribution in [-0.4, -0.2) is 54.5 Å². The zero-order valence-electron chi connectivity index (χ0n) is 20.8. The van der Waals surface area contributed by atoms with Gasteiger partial charge in [-0.05, 0) is 67.1 Å². The molecule has 1 amide bonds. The van der Waals surface area contributed by atoms with Crippen LogP contribution in [0.1, 0.15) is 43.2 Å². The Hall–Kier alpha value is -2.95. The predicted molar refractivity (Wildman–Crippen MR) is 147 cm³/mol. The lowest BCUT2D eigenvalue weighted by Crippen LogP contribution is -2.57. The third-order valence-electron chi connectivity index (χ3n) is 7.04. The highest BCUT2D eigenvalue weighted by molar-refractivity contribution is 5.83. The van der Waals surface area contributed by atoms with Gasteiger partial charge in [0.15, 0.2) is 0 Å². The fourth-order valence-corrected chi connectivity index (χ4v) is 5.01. The van der Waals surface area contributed by atoms with Crippen LogP contribution in [0.25, 0.3) is 16.8 Å². The lowest BCUT2D eigenvalue weighted by molar-refractivity contribution is -0.142. The van der Waals surface area contributed by atoms with Crippen molar-refractivity contribution in [2.75, 3.05) is 32.7 Å². The van der Waals surface area contributed by atoms with E-state index in [1.54, 1.807) is 0 Å². The molecule has 4 heteroatoms. The van der Waals surface area contributed by atoms with E-state index in [2.05, 4.69) is 88.7 Å². The molecule has 1 atom stereocenters. The Balaban J connectivity index is 1.31. The molecule has 0 saturated carbocycles. The van der Waals surface area contributed by atoms with Gasteiger partial charge in [0.2, 0.25) is 5.91 Å². The molecule has 1 aliphatic rings. The van der Waals surface area contributed by atoms with Crippen LogP contribution in [0.15, 0.2) is 78.9 Å². The molecule has 0 bridgehead atoms. The molecule has 3 aromatic carbocycles. The second kappa shape index (κ2) is 13.2. The number of nitrogens with two attached hydrogens (primary N) is 1. The fourth-order valence-electron chi connectivity index (χ4n) is 5.01. The highest BCUT2D eigenvalue weighted by atomic mass is 16.2. The third-order valence-corrected chi connectivity index (χ3v) is 7.04. The summed E-state index contributed by atoms with van der Waals surface area (Å²) in [5.41, 5.74) is 8.27. The summed E-state index contributed by atoms with van der Waals surface area (Å²) in [4.78, 5) is 18.0. The van der Waals surface area contributed by atoms with Crippen molar-refractivity contribution in [2.45, 2.75) is 44.6 Å². The molecule has 35 heavy (non-hydrogen) atoms. The summed E-state index contributed by atoms with van der Waals surface area (Å²) in [6.45, 7) is 4.23. The van der Waals surface area contributed by atoms with Gasteiger partial charge in [0, 0.05) is 19.6 Å². The molecule has 184 valence electrons. The highest BCUT2D eigenvalue weighted by Gasteiger charge is 2.33. The van der Waals surface area contributed by atoms with E-state index in [9.17, 15) is 4.79 Å². The number of fused-ring (bicyclic) bond motifs is 1. The number of hydrogen-bond donors (Lipinski definition) is 1. The topological polar surface area (TPSA) is 49.6 Å². The van der Waals surface area contributed by atoms with Crippen LogP contribution in [0.3, 0.4) is 0 Å². The van der Waals surface area contributed by atoms with Gasteiger partial charge >= 0.3 is 0 Å². The Morgan fingerprint density at radius 1 is 0.857 bits per heavy atom. The van der Waals surface area contributed by atoms with E-state index in [4.69, 9.17) is 5.73 Å². The Morgan fingerprint density at radius 3 is 2.49 bits per heavy atom.